The van der Waals surface area contributed by atoms with Gasteiger partial charge >= 0.3 is 5.97 Å². The maximum atomic E-state index is 13.1. The summed E-state index contributed by atoms with van der Waals surface area (Å²) in [6, 6.07) is 4.93. The van der Waals surface area contributed by atoms with Crippen LogP contribution in [0.1, 0.15) is 25.8 Å². The van der Waals surface area contributed by atoms with Gasteiger partial charge in [0.05, 0.1) is 20.1 Å². The fourth-order valence-corrected chi connectivity index (χ4v) is 2.09. The minimum absolute atomic E-state index is 0.0309. The highest BCUT2D eigenvalue weighted by Crippen LogP contribution is 2.09. The molecule has 0 aromatic heterocycles. The number of esters is 1. The molecule has 2 atom stereocenters. The van der Waals surface area contributed by atoms with Crippen molar-refractivity contribution < 1.29 is 23.5 Å². The van der Waals surface area contributed by atoms with Gasteiger partial charge in [-0.25, -0.2) is 9.18 Å². The number of nitrogens with one attached hydrogen (secondary N) is 2. The van der Waals surface area contributed by atoms with Crippen LogP contribution in [0.15, 0.2) is 24.3 Å². The number of benzene rings is 1. The maximum absolute atomic E-state index is 13.1. The molecule has 1 aromatic carbocycles. The number of ether oxygens (including phenoxy) is 1. The summed E-state index contributed by atoms with van der Waals surface area (Å²) in [5.74, 6) is -1.94. The summed E-state index contributed by atoms with van der Waals surface area (Å²) in [6.45, 7) is 3.45. The molecular formula is C17H23FN2O4. The molecule has 1 rings (SSSR count). The molecule has 6 nitrogen and oxygen atoms in total. The van der Waals surface area contributed by atoms with Crippen molar-refractivity contribution in [3.8, 4) is 0 Å². The molecule has 0 saturated carbocycles. The Kier molecular flexibility index (Phi) is 7.88. The van der Waals surface area contributed by atoms with Crippen LogP contribution in [0, 0.1) is 11.7 Å². The van der Waals surface area contributed by atoms with Crippen molar-refractivity contribution in [1.82, 2.24) is 10.6 Å². The molecule has 7 heteroatoms. The fourth-order valence-electron chi connectivity index (χ4n) is 2.09. The van der Waals surface area contributed by atoms with Crippen molar-refractivity contribution >= 4 is 17.8 Å². The molecule has 132 valence electrons. The average molecular weight is 338 g/mol. The molecule has 0 aliphatic carbocycles. The van der Waals surface area contributed by atoms with Crippen molar-refractivity contribution in [3.05, 3.63) is 35.6 Å². The van der Waals surface area contributed by atoms with Gasteiger partial charge in [-0.2, -0.15) is 0 Å². The summed E-state index contributed by atoms with van der Waals surface area (Å²) >= 11 is 0. The smallest absolute Gasteiger partial charge is 0.328 e. The molecule has 2 unspecified atom stereocenters. The Hall–Kier alpha value is -2.44. The second-order valence-electron chi connectivity index (χ2n) is 5.54. The molecule has 0 radical (unpaired) electrons. The first kappa shape index (κ1) is 19.6. The summed E-state index contributed by atoms with van der Waals surface area (Å²) in [6.07, 6.45) is 0.656. The summed E-state index contributed by atoms with van der Waals surface area (Å²) in [5.41, 5.74) is 0.514. The van der Waals surface area contributed by atoms with E-state index in [4.69, 9.17) is 0 Å². The molecule has 0 bridgehead atoms. The van der Waals surface area contributed by atoms with Crippen LogP contribution in [0.3, 0.4) is 0 Å². The lowest BCUT2D eigenvalue weighted by Gasteiger charge is -2.21. The number of halogens is 1. The van der Waals surface area contributed by atoms with Gasteiger partial charge in [0, 0.05) is 0 Å². The largest absolute Gasteiger partial charge is 0.467 e. The predicted octanol–water partition coefficient (Wildman–Crippen LogP) is 1.19. The second kappa shape index (κ2) is 9.64. The minimum atomic E-state index is -0.757. The third kappa shape index (κ3) is 6.36. The van der Waals surface area contributed by atoms with Crippen LogP contribution in [0.2, 0.25) is 0 Å². The van der Waals surface area contributed by atoms with E-state index in [0.29, 0.717) is 12.0 Å². The molecule has 0 aliphatic heterocycles. The number of carbonyl (C=O) groups is 3. The molecule has 24 heavy (non-hydrogen) atoms. The molecule has 0 spiro atoms. The van der Waals surface area contributed by atoms with Crippen LogP contribution in [0.5, 0.6) is 0 Å². The Bertz CT molecular complexity index is 592. The van der Waals surface area contributed by atoms with Gasteiger partial charge in [0.1, 0.15) is 11.9 Å². The van der Waals surface area contributed by atoms with Crippen LogP contribution in [-0.2, 0) is 25.5 Å². The van der Waals surface area contributed by atoms with Crippen molar-refractivity contribution in [1.29, 1.82) is 0 Å². The van der Waals surface area contributed by atoms with E-state index in [9.17, 15) is 18.8 Å². The van der Waals surface area contributed by atoms with Gasteiger partial charge in [0.25, 0.3) is 0 Å². The van der Waals surface area contributed by atoms with Crippen LogP contribution in [0.25, 0.3) is 0 Å². The summed E-state index contributed by atoms with van der Waals surface area (Å²) < 4.78 is 17.7. The maximum Gasteiger partial charge on any atom is 0.328 e. The van der Waals surface area contributed by atoms with Gasteiger partial charge in [-0.05, 0) is 23.6 Å². The zero-order valence-corrected chi connectivity index (χ0v) is 14.1. The van der Waals surface area contributed by atoms with Gasteiger partial charge < -0.3 is 15.4 Å². The Morgan fingerprint density at radius 1 is 1.25 bits per heavy atom. The highest BCUT2D eigenvalue weighted by molar-refractivity contribution is 5.88. The number of rotatable bonds is 8. The zero-order chi connectivity index (χ0) is 18.1. The Labute approximate surface area is 140 Å². The van der Waals surface area contributed by atoms with E-state index in [1.54, 1.807) is 6.07 Å². The van der Waals surface area contributed by atoms with Crippen LogP contribution < -0.4 is 10.6 Å². The lowest BCUT2D eigenvalue weighted by molar-refractivity contribution is -0.146. The third-order valence-corrected chi connectivity index (χ3v) is 3.68. The Balaban J connectivity index is 2.49. The molecule has 0 aliphatic rings. The lowest BCUT2D eigenvalue weighted by atomic mass is 9.99. The number of amides is 2. The van der Waals surface area contributed by atoms with E-state index >= 15 is 0 Å². The third-order valence-electron chi connectivity index (χ3n) is 3.68. The molecule has 2 amide bonds. The van der Waals surface area contributed by atoms with E-state index < -0.39 is 29.6 Å². The Morgan fingerprint density at radius 2 is 1.96 bits per heavy atom. The fraction of sp³-hybridized carbons (Fsp3) is 0.471. The van der Waals surface area contributed by atoms with E-state index in [-0.39, 0.29) is 18.9 Å². The van der Waals surface area contributed by atoms with Crippen molar-refractivity contribution in [2.24, 2.45) is 5.92 Å². The first-order valence-corrected chi connectivity index (χ1v) is 7.75. The monoisotopic (exact) mass is 338 g/mol. The van der Waals surface area contributed by atoms with Crippen LogP contribution in [0.4, 0.5) is 4.39 Å². The van der Waals surface area contributed by atoms with Gasteiger partial charge in [-0.1, -0.05) is 32.4 Å². The standard InChI is InChI=1S/C17H23FN2O4/c1-4-11(2)16(17(23)24-3)20-15(22)10-19-14(21)9-12-6-5-7-13(18)8-12/h5-8,11,16H,4,9-10H2,1-3H3,(H,19,21)(H,20,22). The van der Waals surface area contributed by atoms with Crippen molar-refractivity contribution in [2.45, 2.75) is 32.7 Å². The van der Waals surface area contributed by atoms with Gasteiger partial charge in [0.15, 0.2) is 0 Å². The topological polar surface area (TPSA) is 84.5 Å². The zero-order valence-electron chi connectivity index (χ0n) is 14.1. The first-order valence-electron chi connectivity index (χ1n) is 7.75. The van der Waals surface area contributed by atoms with Gasteiger partial charge in [-0.3, -0.25) is 9.59 Å². The van der Waals surface area contributed by atoms with Gasteiger partial charge in [0.2, 0.25) is 11.8 Å². The van der Waals surface area contributed by atoms with Crippen LogP contribution in [-0.4, -0.2) is 37.5 Å². The molecule has 2 N–H and O–H groups in total. The first-order chi connectivity index (χ1) is 11.4. The van der Waals surface area contributed by atoms with E-state index in [1.807, 2.05) is 13.8 Å². The summed E-state index contributed by atoms with van der Waals surface area (Å²) in [5, 5.41) is 5.00. The van der Waals surface area contributed by atoms with E-state index in [1.165, 1.54) is 25.3 Å². The molecule has 0 heterocycles. The van der Waals surface area contributed by atoms with Crippen LogP contribution >= 0.6 is 0 Å². The molecule has 0 saturated heterocycles. The summed E-state index contributed by atoms with van der Waals surface area (Å²) in [4.78, 5) is 35.4. The van der Waals surface area contributed by atoms with Crippen molar-refractivity contribution in [2.75, 3.05) is 13.7 Å². The summed E-state index contributed by atoms with van der Waals surface area (Å²) in [7, 11) is 1.25. The second-order valence-corrected chi connectivity index (χ2v) is 5.54. The average Bonchev–Trinajstić information content (AvgIpc) is 2.56. The number of hydrogen-bond acceptors (Lipinski definition) is 4. The molecule has 1 aromatic rings. The number of hydrogen-bond donors (Lipinski definition) is 2. The number of carbonyl (C=O) groups excluding carboxylic acids is 3. The normalized spacial score (nSPS) is 12.8. The highest BCUT2D eigenvalue weighted by Gasteiger charge is 2.26. The highest BCUT2D eigenvalue weighted by atomic mass is 19.1. The predicted molar refractivity (Wildman–Crippen MR) is 86.5 cm³/mol. The minimum Gasteiger partial charge on any atom is -0.467 e. The SMILES string of the molecule is CCC(C)C(NC(=O)CNC(=O)Cc1cccc(F)c1)C(=O)OC. The molecular weight excluding hydrogens is 315 g/mol. The number of methoxy groups -OCH3 is 1. The van der Waals surface area contributed by atoms with E-state index in [2.05, 4.69) is 15.4 Å². The quantitative estimate of drug-likeness (QED) is 0.697. The van der Waals surface area contributed by atoms with Crippen molar-refractivity contribution in [3.63, 3.8) is 0 Å². The molecule has 0 fully saturated rings. The van der Waals surface area contributed by atoms with Gasteiger partial charge in [-0.15, -0.1) is 0 Å². The van der Waals surface area contributed by atoms with E-state index in [0.717, 1.165) is 0 Å². The Morgan fingerprint density at radius 3 is 2.54 bits per heavy atom. The lowest BCUT2D eigenvalue weighted by Crippen LogP contribution is -2.49.